The minimum absolute atomic E-state index is 0.0383. The van der Waals surface area contributed by atoms with E-state index in [1.54, 1.807) is 11.8 Å². The maximum atomic E-state index is 12.9. The normalized spacial score (nSPS) is 19.5. The number of carbonyl (C=O) groups excluding carboxylic acids is 4. The number of benzene rings is 1. The van der Waals surface area contributed by atoms with Crippen molar-refractivity contribution in [3.8, 4) is 0 Å². The lowest BCUT2D eigenvalue weighted by Gasteiger charge is -2.34. The van der Waals surface area contributed by atoms with E-state index in [-0.39, 0.29) is 18.6 Å². The van der Waals surface area contributed by atoms with Gasteiger partial charge in [0.2, 0.25) is 0 Å². The number of nitrogens with zero attached hydrogens (tertiary/aromatic N) is 3. The van der Waals surface area contributed by atoms with Gasteiger partial charge in [-0.15, -0.1) is 0 Å². The summed E-state index contributed by atoms with van der Waals surface area (Å²) in [5, 5.41) is 0. The molecule has 3 rings (SSSR count). The average molecular weight is 415 g/mol. The molecule has 0 saturated carbocycles. The molecule has 1 aromatic carbocycles. The predicted molar refractivity (Wildman–Crippen MR) is 109 cm³/mol. The quantitative estimate of drug-likeness (QED) is 0.557. The van der Waals surface area contributed by atoms with E-state index in [2.05, 4.69) is 0 Å². The first-order valence-corrected chi connectivity index (χ1v) is 10.3. The molecule has 8 heteroatoms. The molecule has 30 heavy (non-hydrogen) atoms. The van der Waals surface area contributed by atoms with Gasteiger partial charge in [0.05, 0.1) is 6.04 Å². The Hall–Kier alpha value is -2.90. The number of imide groups is 2. The van der Waals surface area contributed by atoms with Gasteiger partial charge in [-0.2, -0.15) is 0 Å². The molecule has 1 aromatic rings. The number of piperidine rings is 1. The van der Waals surface area contributed by atoms with Crippen LogP contribution in [0.15, 0.2) is 30.3 Å². The van der Waals surface area contributed by atoms with Crippen LogP contribution in [0.25, 0.3) is 0 Å². The fraction of sp³-hybridized carbons (Fsp3) is 0.545. The first-order valence-electron chi connectivity index (χ1n) is 10.3. The summed E-state index contributed by atoms with van der Waals surface area (Å²) in [6, 6.07) is 8.06. The van der Waals surface area contributed by atoms with Gasteiger partial charge < -0.3 is 9.64 Å². The lowest BCUT2D eigenvalue weighted by molar-refractivity contribution is -0.144. The third-order valence-electron chi connectivity index (χ3n) is 5.46. The van der Waals surface area contributed by atoms with Gasteiger partial charge >= 0.3 is 23.9 Å². The van der Waals surface area contributed by atoms with Crippen molar-refractivity contribution < 1.29 is 23.9 Å². The van der Waals surface area contributed by atoms with Gasteiger partial charge in [-0.1, -0.05) is 30.3 Å². The second kappa shape index (κ2) is 8.45. The molecule has 162 valence electrons. The minimum atomic E-state index is -0.789. The Bertz CT molecular complexity index is 825. The van der Waals surface area contributed by atoms with Gasteiger partial charge in [-0.25, -0.2) is 14.5 Å². The molecule has 1 unspecified atom stereocenters. The molecule has 2 aliphatic heterocycles. The Labute approximate surface area is 176 Å². The van der Waals surface area contributed by atoms with E-state index in [0.29, 0.717) is 25.9 Å². The Morgan fingerprint density at radius 1 is 1.07 bits per heavy atom. The van der Waals surface area contributed by atoms with Crippen LogP contribution in [0.5, 0.6) is 0 Å². The second-order valence-corrected chi connectivity index (χ2v) is 8.87. The summed E-state index contributed by atoms with van der Waals surface area (Å²) in [5.41, 5.74) is 0.237. The summed E-state index contributed by atoms with van der Waals surface area (Å²) < 4.78 is 5.39. The molecule has 2 saturated heterocycles. The highest BCUT2D eigenvalue weighted by molar-refractivity contribution is 6.44. The molecule has 2 heterocycles. The molecule has 8 nitrogen and oxygen atoms in total. The van der Waals surface area contributed by atoms with Crippen molar-refractivity contribution in [1.82, 2.24) is 14.7 Å². The first-order chi connectivity index (χ1) is 14.1. The number of carbonyl (C=O) groups is 4. The highest BCUT2D eigenvalue weighted by Gasteiger charge is 2.47. The third kappa shape index (κ3) is 4.63. The van der Waals surface area contributed by atoms with Crippen molar-refractivity contribution >= 4 is 23.9 Å². The highest BCUT2D eigenvalue weighted by Crippen LogP contribution is 2.28. The van der Waals surface area contributed by atoms with Crippen LogP contribution in [0.1, 0.15) is 52.1 Å². The van der Waals surface area contributed by atoms with Gasteiger partial charge in [-0.3, -0.25) is 14.5 Å². The molecule has 0 N–H and O–H groups in total. The number of likely N-dealkylation sites (tertiary alicyclic amines) is 1. The summed E-state index contributed by atoms with van der Waals surface area (Å²) in [6.07, 6.45) is 0.921. The maximum absolute atomic E-state index is 12.9. The van der Waals surface area contributed by atoms with Crippen LogP contribution in [-0.2, 0) is 14.3 Å². The molecule has 1 atom stereocenters. The van der Waals surface area contributed by atoms with Crippen molar-refractivity contribution in [3.05, 3.63) is 35.9 Å². The van der Waals surface area contributed by atoms with E-state index < -0.39 is 29.5 Å². The summed E-state index contributed by atoms with van der Waals surface area (Å²) in [6.45, 7) is 8.37. The van der Waals surface area contributed by atoms with Crippen molar-refractivity contribution in [3.63, 3.8) is 0 Å². The van der Waals surface area contributed by atoms with Crippen LogP contribution in [0.4, 0.5) is 9.59 Å². The highest BCUT2D eigenvalue weighted by atomic mass is 16.6. The number of hydrogen-bond acceptors (Lipinski definition) is 5. The monoisotopic (exact) mass is 415 g/mol. The Kier molecular flexibility index (Phi) is 6.14. The SMILES string of the molecule is CC(c1ccccc1)N1C(=O)C(=O)N(CC2CCN(C(=O)OC(C)(C)C)CC2)C1=O. The van der Waals surface area contributed by atoms with Crippen molar-refractivity contribution in [2.75, 3.05) is 19.6 Å². The lowest BCUT2D eigenvalue weighted by atomic mass is 9.96. The number of amides is 5. The fourth-order valence-electron chi connectivity index (χ4n) is 3.79. The Morgan fingerprint density at radius 2 is 1.67 bits per heavy atom. The average Bonchev–Trinajstić information content (AvgIpc) is 2.90. The minimum Gasteiger partial charge on any atom is -0.444 e. The molecule has 2 aliphatic rings. The van der Waals surface area contributed by atoms with Gasteiger partial charge in [0.15, 0.2) is 0 Å². The summed E-state index contributed by atoms with van der Waals surface area (Å²) >= 11 is 0. The molecule has 0 aliphatic carbocycles. The maximum Gasteiger partial charge on any atom is 0.410 e. The van der Waals surface area contributed by atoms with Crippen LogP contribution in [0, 0.1) is 5.92 Å². The third-order valence-corrected chi connectivity index (χ3v) is 5.46. The smallest absolute Gasteiger partial charge is 0.410 e. The van der Waals surface area contributed by atoms with E-state index in [1.165, 1.54) is 0 Å². The zero-order chi connectivity index (χ0) is 22.1. The van der Waals surface area contributed by atoms with Crippen molar-refractivity contribution in [2.24, 2.45) is 5.92 Å². The van der Waals surface area contributed by atoms with Crippen LogP contribution in [0.2, 0.25) is 0 Å². The van der Waals surface area contributed by atoms with Gasteiger partial charge in [-0.05, 0) is 52.0 Å². The van der Waals surface area contributed by atoms with Crippen molar-refractivity contribution in [2.45, 2.75) is 52.2 Å². The summed E-state index contributed by atoms with van der Waals surface area (Å²) in [5.74, 6) is -1.53. The van der Waals surface area contributed by atoms with E-state index in [1.807, 2.05) is 51.1 Å². The summed E-state index contributed by atoms with van der Waals surface area (Å²) in [4.78, 5) is 53.8. The van der Waals surface area contributed by atoms with Crippen molar-refractivity contribution in [1.29, 1.82) is 0 Å². The van der Waals surface area contributed by atoms with Crippen LogP contribution >= 0.6 is 0 Å². The number of urea groups is 1. The lowest BCUT2D eigenvalue weighted by Crippen LogP contribution is -2.45. The van der Waals surface area contributed by atoms with Gasteiger partial charge in [0, 0.05) is 19.6 Å². The van der Waals surface area contributed by atoms with E-state index in [0.717, 1.165) is 15.4 Å². The fourth-order valence-corrected chi connectivity index (χ4v) is 3.79. The molecule has 5 amide bonds. The molecule has 0 aromatic heterocycles. The van der Waals surface area contributed by atoms with Crippen LogP contribution in [0.3, 0.4) is 0 Å². The Morgan fingerprint density at radius 3 is 2.23 bits per heavy atom. The molecule has 0 bridgehead atoms. The zero-order valence-corrected chi connectivity index (χ0v) is 18.0. The number of rotatable bonds is 4. The standard InChI is InChI=1S/C22H29N3O5/c1-15(17-8-6-5-7-9-17)25-19(27)18(26)24(20(25)28)14-16-10-12-23(13-11-16)21(29)30-22(2,3)4/h5-9,15-16H,10-14H2,1-4H3. The van der Waals surface area contributed by atoms with Crippen LogP contribution < -0.4 is 0 Å². The van der Waals surface area contributed by atoms with E-state index >= 15 is 0 Å². The van der Waals surface area contributed by atoms with E-state index in [4.69, 9.17) is 4.74 Å². The largest absolute Gasteiger partial charge is 0.444 e. The summed E-state index contributed by atoms with van der Waals surface area (Å²) in [7, 11) is 0. The molecule has 2 fully saturated rings. The van der Waals surface area contributed by atoms with Gasteiger partial charge in [0.1, 0.15) is 5.60 Å². The Balaban J connectivity index is 1.60. The van der Waals surface area contributed by atoms with Crippen LogP contribution in [-0.4, -0.2) is 63.9 Å². The van der Waals surface area contributed by atoms with E-state index in [9.17, 15) is 19.2 Å². The molecular weight excluding hydrogens is 386 g/mol. The zero-order valence-electron chi connectivity index (χ0n) is 18.0. The topological polar surface area (TPSA) is 87.2 Å². The first kappa shape index (κ1) is 21.8. The molecule has 0 spiro atoms. The number of ether oxygens (including phenoxy) is 1. The number of hydrogen-bond donors (Lipinski definition) is 0. The predicted octanol–water partition coefficient (Wildman–Crippen LogP) is 3.19. The van der Waals surface area contributed by atoms with Gasteiger partial charge in [0.25, 0.3) is 0 Å². The molecule has 0 radical (unpaired) electrons. The second-order valence-electron chi connectivity index (χ2n) is 8.87. The molecular formula is C22H29N3O5.